The highest BCUT2D eigenvalue weighted by Gasteiger charge is 2.23. The second kappa shape index (κ2) is 6.83. The maximum atomic E-state index is 12.3. The number of sulfonamides is 1. The van der Waals surface area contributed by atoms with Crippen LogP contribution < -0.4 is 0 Å². The van der Waals surface area contributed by atoms with Gasteiger partial charge in [0.15, 0.2) is 0 Å². The minimum Gasteiger partial charge on any atom is -0.481 e. The molecule has 0 saturated heterocycles. The van der Waals surface area contributed by atoms with E-state index in [0.29, 0.717) is 8.95 Å². The van der Waals surface area contributed by atoms with E-state index in [2.05, 4.69) is 31.9 Å². The smallest absolute Gasteiger partial charge is 0.303 e. The van der Waals surface area contributed by atoms with E-state index in [1.807, 2.05) is 0 Å². The first-order valence-corrected chi connectivity index (χ1v) is 8.41. The van der Waals surface area contributed by atoms with Gasteiger partial charge in [0, 0.05) is 29.0 Å². The van der Waals surface area contributed by atoms with Crippen molar-refractivity contribution in [2.75, 3.05) is 13.6 Å². The van der Waals surface area contributed by atoms with Crippen LogP contribution in [-0.4, -0.2) is 37.4 Å². The zero-order valence-corrected chi connectivity index (χ0v) is 14.1. The lowest BCUT2D eigenvalue weighted by Gasteiger charge is -2.17. The molecule has 0 spiro atoms. The third-order valence-corrected chi connectivity index (χ3v) is 5.79. The summed E-state index contributed by atoms with van der Waals surface area (Å²) in [5, 5.41) is 8.55. The van der Waals surface area contributed by atoms with Crippen LogP contribution in [0.3, 0.4) is 0 Å². The Balaban J connectivity index is 2.90. The van der Waals surface area contributed by atoms with Gasteiger partial charge in [0.05, 0.1) is 4.90 Å². The molecule has 0 bridgehead atoms. The first-order chi connectivity index (χ1) is 8.75. The third kappa shape index (κ3) is 4.55. The van der Waals surface area contributed by atoms with Crippen LogP contribution in [0.25, 0.3) is 0 Å². The van der Waals surface area contributed by atoms with E-state index in [1.54, 1.807) is 12.1 Å². The molecular weight excluding hydrogens is 402 g/mol. The molecule has 0 aliphatic carbocycles. The first-order valence-electron chi connectivity index (χ1n) is 5.38. The SMILES string of the molecule is CN(CCCC(=O)O)S(=O)(=O)c1cc(Br)ccc1Br. The van der Waals surface area contributed by atoms with Gasteiger partial charge in [-0.2, -0.15) is 0 Å². The second-order valence-electron chi connectivity index (χ2n) is 3.90. The maximum absolute atomic E-state index is 12.3. The highest BCUT2D eigenvalue weighted by molar-refractivity contribution is 9.11. The van der Waals surface area contributed by atoms with Gasteiger partial charge >= 0.3 is 5.97 Å². The van der Waals surface area contributed by atoms with Crippen LogP contribution in [-0.2, 0) is 14.8 Å². The number of hydrogen-bond donors (Lipinski definition) is 1. The summed E-state index contributed by atoms with van der Waals surface area (Å²) in [6.07, 6.45) is 0.218. The largest absolute Gasteiger partial charge is 0.481 e. The summed E-state index contributed by atoms with van der Waals surface area (Å²) in [5.41, 5.74) is 0. The van der Waals surface area contributed by atoms with Gasteiger partial charge in [-0.3, -0.25) is 4.79 Å². The Morgan fingerprint density at radius 1 is 1.37 bits per heavy atom. The van der Waals surface area contributed by atoms with Crippen molar-refractivity contribution >= 4 is 47.9 Å². The molecule has 8 heteroatoms. The maximum Gasteiger partial charge on any atom is 0.303 e. The number of nitrogens with zero attached hydrogens (tertiary/aromatic N) is 1. The number of rotatable bonds is 6. The molecule has 0 amide bonds. The Morgan fingerprint density at radius 3 is 2.58 bits per heavy atom. The Labute approximate surface area is 128 Å². The molecule has 0 fully saturated rings. The number of carboxylic acids is 1. The molecule has 0 unspecified atom stereocenters. The number of aliphatic carboxylic acids is 1. The van der Waals surface area contributed by atoms with Crippen LogP contribution in [0, 0.1) is 0 Å². The van der Waals surface area contributed by atoms with E-state index < -0.39 is 16.0 Å². The summed E-state index contributed by atoms with van der Waals surface area (Å²) in [4.78, 5) is 10.6. The molecule has 106 valence electrons. The molecular formula is C11H13Br2NO4S. The highest BCUT2D eigenvalue weighted by Crippen LogP contribution is 2.27. The minimum atomic E-state index is -3.63. The van der Waals surface area contributed by atoms with Crippen molar-refractivity contribution in [1.82, 2.24) is 4.31 Å². The van der Waals surface area contributed by atoms with Crippen LogP contribution in [0.15, 0.2) is 32.0 Å². The fourth-order valence-corrected chi connectivity index (χ4v) is 4.08. The Bertz CT molecular complexity index is 574. The second-order valence-corrected chi connectivity index (χ2v) is 7.68. The predicted molar refractivity (Wildman–Crippen MR) is 78.5 cm³/mol. The van der Waals surface area contributed by atoms with Crippen molar-refractivity contribution in [3.05, 3.63) is 27.1 Å². The van der Waals surface area contributed by atoms with Gasteiger partial charge in [0.2, 0.25) is 10.0 Å². The molecule has 1 aromatic rings. The van der Waals surface area contributed by atoms with E-state index in [0.717, 1.165) is 4.31 Å². The average Bonchev–Trinajstić information content (AvgIpc) is 2.31. The van der Waals surface area contributed by atoms with Crippen LogP contribution in [0.1, 0.15) is 12.8 Å². The van der Waals surface area contributed by atoms with Crippen molar-refractivity contribution in [3.8, 4) is 0 Å². The Morgan fingerprint density at radius 2 is 2.00 bits per heavy atom. The normalized spacial score (nSPS) is 11.8. The summed E-state index contributed by atoms with van der Waals surface area (Å²) in [6.45, 7) is 0.160. The molecule has 0 radical (unpaired) electrons. The fourth-order valence-electron chi connectivity index (χ4n) is 1.42. The van der Waals surface area contributed by atoms with E-state index >= 15 is 0 Å². The zero-order valence-electron chi connectivity index (χ0n) is 10.1. The van der Waals surface area contributed by atoms with Crippen LogP contribution in [0.5, 0.6) is 0 Å². The van der Waals surface area contributed by atoms with E-state index in [-0.39, 0.29) is 24.3 Å². The first kappa shape index (κ1) is 16.6. The molecule has 5 nitrogen and oxygen atoms in total. The van der Waals surface area contributed by atoms with Gasteiger partial charge in [-0.1, -0.05) is 15.9 Å². The summed E-state index contributed by atoms with van der Waals surface area (Å²) in [5.74, 6) is -0.936. The minimum absolute atomic E-state index is 0.0560. The topological polar surface area (TPSA) is 74.7 Å². The van der Waals surface area contributed by atoms with Crippen molar-refractivity contribution < 1.29 is 18.3 Å². The fraction of sp³-hybridized carbons (Fsp3) is 0.364. The molecule has 0 aromatic heterocycles. The van der Waals surface area contributed by atoms with Gasteiger partial charge < -0.3 is 5.11 Å². The lowest BCUT2D eigenvalue weighted by molar-refractivity contribution is -0.137. The molecule has 0 saturated carbocycles. The summed E-state index contributed by atoms with van der Waals surface area (Å²) in [6, 6.07) is 4.88. The lowest BCUT2D eigenvalue weighted by Crippen LogP contribution is -2.28. The van der Waals surface area contributed by atoms with E-state index in [4.69, 9.17) is 5.11 Å². The van der Waals surface area contributed by atoms with Crippen LogP contribution >= 0.6 is 31.9 Å². The predicted octanol–water partition coefficient (Wildman–Crippen LogP) is 2.70. The average molecular weight is 415 g/mol. The van der Waals surface area contributed by atoms with Crippen molar-refractivity contribution in [2.45, 2.75) is 17.7 Å². The summed E-state index contributed by atoms with van der Waals surface area (Å²) >= 11 is 6.43. The highest BCUT2D eigenvalue weighted by atomic mass is 79.9. The molecule has 0 heterocycles. The third-order valence-electron chi connectivity index (χ3n) is 2.45. The van der Waals surface area contributed by atoms with Crippen molar-refractivity contribution in [2.24, 2.45) is 0 Å². The monoisotopic (exact) mass is 413 g/mol. The van der Waals surface area contributed by atoms with Gasteiger partial charge in [-0.05, 0) is 40.5 Å². The van der Waals surface area contributed by atoms with E-state index in [1.165, 1.54) is 13.1 Å². The van der Waals surface area contributed by atoms with Gasteiger partial charge in [0.25, 0.3) is 0 Å². The standard InChI is InChI=1S/C11H13Br2NO4S/c1-14(6-2-3-11(15)16)19(17,18)10-7-8(12)4-5-9(10)13/h4-5,7H,2-3,6H2,1H3,(H,15,16). The van der Waals surface area contributed by atoms with Crippen LogP contribution in [0.2, 0.25) is 0 Å². The van der Waals surface area contributed by atoms with Crippen molar-refractivity contribution in [1.29, 1.82) is 0 Å². The molecule has 0 atom stereocenters. The number of carboxylic acid groups (broad SMARTS) is 1. The Hall–Kier alpha value is -0.440. The van der Waals surface area contributed by atoms with Gasteiger partial charge in [-0.25, -0.2) is 12.7 Å². The molecule has 19 heavy (non-hydrogen) atoms. The zero-order chi connectivity index (χ0) is 14.6. The molecule has 1 rings (SSSR count). The van der Waals surface area contributed by atoms with Crippen LogP contribution in [0.4, 0.5) is 0 Å². The number of benzene rings is 1. The molecule has 0 aliphatic rings. The van der Waals surface area contributed by atoms with Gasteiger partial charge in [0.1, 0.15) is 0 Å². The number of halogens is 2. The quantitative estimate of drug-likeness (QED) is 0.776. The number of hydrogen-bond acceptors (Lipinski definition) is 3. The summed E-state index contributed by atoms with van der Waals surface area (Å²) in [7, 11) is -2.19. The molecule has 0 aliphatic heterocycles. The molecule has 1 aromatic carbocycles. The van der Waals surface area contributed by atoms with Gasteiger partial charge in [-0.15, -0.1) is 0 Å². The van der Waals surface area contributed by atoms with E-state index in [9.17, 15) is 13.2 Å². The van der Waals surface area contributed by atoms with Crippen molar-refractivity contribution in [3.63, 3.8) is 0 Å². The molecule has 1 N–H and O–H groups in total. The lowest BCUT2D eigenvalue weighted by atomic mass is 10.3. The number of carbonyl (C=O) groups is 1. The summed E-state index contributed by atoms with van der Waals surface area (Å²) < 4.78 is 26.9. The Kier molecular flexibility index (Phi) is 5.97.